The monoisotopic (exact) mass is 265 g/mol. The molecule has 0 aromatic heterocycles. The Labute approximate surface area is 113 Å². The Kier molecular flexibility index (Phi) is 4.76. The minimum Gasteiger partial charge on any atom is -0.497 e. The molecule has 0 bridgehead atoms. The first-order chi connectivity index (χ1) is 9.26. The predicted octanol–water partition coefficient (Wildman–Crippen LogP) is 1.24. The molecule has 1 aliphatic heterocycles. The summed E-state index contributed by atoms with van der Waals surface area (Å²) in [7, 11) is 3.02. The van der Waals surface area contributed by atoms with E-state index < -0.39 is 6.04 Å². The smallest absolute Gasteiger partial charge is 0.327 e. The first-order valence-electron chi connectivity index (χ1n) is 6.30. The number of methoxy groups -OCH3 is 2. The molecule has 0 spiro atoms. The Morgan fingerprint density at radius 1 is 1.32 bits per heavy atom. The standard InChI is InChI=1S/C14H19NO4/c1-17-12-5-3-4-11(10-12)13(14(16)18-2)15-6-8-19-9-7-15/h3-5,10,13H,6-9H2,1-2H3. The van der Waals surface area contributed by atoms with Crippen molar-refractivity contribution in [2.75, 3.05) is 40.5 Å². The molecule has 1 aromatic rings. The Morgan fingerprint density at radius 2 is 2.05 bits per heavy atom. The molecule has 1 fully saturated rings. The predicted molar refractivity (Wildman–Crippen MR) is 70.1 cm³/mol. The fourth-order valence-corrected chi connectivity index (χ4v) is 2.25. The molecule has 0 amide bonds. The van der Waals surface area contributed by atoms with E-state index in [0.717, 1.165) is 24.4 Å². The van der Waals surface area contributed by atoms with Crippen LogP contribution in [-0.2, 0) is 14.3 Å². The molecule has 0 aliphatic carbocycles. The summed E-state index contributed by atoms with van der Waals surface area (Å²) in [6.07, 6.45) is 0. The van der Waals surface area contributed by atoms with Crippen molar-refractivity contribution in [3.8, 4) is 5.75 Å². The van der Waals surface area contributed by atoms with E-state index in [1.165, 1.54) is 7.11 Å². The van der Waals surface area contributed by atoms with E-state index in [1.807, 2.05) is 24.3 Å². The number of ether oxygens (including phenoxy) is 3. The molecule has 1 heterocycles. The Morgan fingerprint density at radius 3 is 2.68 bits per heavy atom. The molecule has 19 heavy (non-hydrogen) atoms. The van der Waals surface area contributed by atoms with Gasteiger partial charge in [0.1, 0.15) is 11.8 Å². The number of esters is 1. The van der Waals surface area contributed by atoms with E-state index in [9.17, 15) is 4.79 Å². The van der Waals surface area contributed by atoms with Gasteiger partial charge in [0.05, 0.1) is 27.4 Å². The molecule has 2 rings (SSSR count). The number of carbonyl (C=O) groups is 1. The lowest BCUT2D eigenvalue weighted by molar-refractivity contribution is -0.149. The topological polar surface area (TPSA) is 48.0 Å². The molecule has 104 valence electrons. The molecular formula is C14H19NO4. The van der Waals surface area contributed by atoms with Gasteiger partial charge in [-0.1, -0.05) is 12.1 Å². The van der Waals surface area contributed by atoms with E-state index in [2.05, 4.69) is 4.90 Å². The number of nitrogens with zero attached hydrogens (tertiary/aromatic N) is 1. The second kappa shape index (κ2) is 6.54. The average molecular weight is 265 g/mol. The molecule has 0 N–H and O–H groups in total. The third kappa shape index (κ3) is 3.24. The van der Waals surface area contributed by atoms with Crippen molar-refractivity contribution in [2.24, 2.45) is 0 Å². The average Bonchev–Trinajstić information content (AvgIpc) is 2.48. The zero-order chi connectivity index (χ0) is 13.7. The van der Waals surface area contributed by atoms with Crippen LogP contribution in [0.4, 0.5) is 0 Å². The molecule has 1 unspecified atom stereocenters. The molecule has 1 atom stereocenters. The first kappa shape index (κ1) is 13.8. The maximum Gasteiger partial charge on any atom is 0.327 e. The second-order valence-corrected chi connectivity index (χ2v) is 4.35. The van der Waals surface area contributed by atoms with Crippen molar-refractivity contribution in [3.05, 3.63) is 29.8 Å². The van der Waals surface area contributed by atoms with Gasteiger partial charge in [-0.15, -0.1) is 0 Å². The van der Waals surface area contributed by atoms with Crippen LogP contribution in [0.5, 0.6) is 5.75 Å². The van der Waals surface area contributed by atoms with Crippen molar-refractivity contribution < 1.29 is 19.0 Å². The van der Waals surface area contributed by atoms with Crippen LogP contribution in [0.1, 0.15) is 11.6 Å². The quantitative estimate of drug-likeness (QED) is 0.767. The lowest BCUT2D eigenvalue weighted by Crippen LogP contribution is -2.42. The highest BCUT2D eigenvalue weighted by molar-refractivity contribution is 5.77. The van der Waals surface area contributed by atoms with E-state index in [1.54, 1.807) is 7.11 Å². The lowest BCUT2D eigenvalue weighted by Gasteiger charge is -2.32. The highest BCUT2D eigenvalue weighted by Crippen LogP contribution is 2.26. The molecule has 5 nitrogen and oxygen atoms in total. The van der Waals surface area contributed by atoms with Crippen LogP contribution in [0.15, 0.2) is 24.3 Å². The summed E-state index contributed by atoms with van der Waals surface area (Å²) in [5.41, 5.74) is 0.883. The zero-order valence-electron chi connectivity index (χ0n) is 11.3. The molecule has 5 heteroatoms. The molecule has 1 aromatic carbocycles. The summed E-state index contributed by atoms with van der Waals surface area (Å²) < 4.78 is 15.5. The van der Waals surface area contributed by atoms with Crippen LogP contribution in [0.2, 0.25) is 0 Å². The minimum atomic E-state index is -0.399. The van der Waals surface area contributed by atoms with Crippen LogP contribution in [0.25, 0.3) is 0 Å². The van der Waals surface area contributed by atoms with Gasteiger partial charge < -0.3 is 14.2 Å². The van der Waals surface area contributed by atoms with Crippen LogP contribution in [-0.4, -0.2) is 51.4 Å². The molecule has 0 radical (unpaired) electrons. The largest absolute Gasteiger partial charge is 0.497 e. The fraction of sp³-hybridized carbons (Fsp3) is 0.500. The number of benzene rings is 1. The number of rotatable bonds is 4. The summed E-state index contributed by atoms with van der Waals surface area (Å²) in [6.45, 7) is 2.71. The van der Waals surface area contributed by atoms with Gasteiger partial charge in [0.15, 0.2) is 0 Å². The van der Waals surface area contributed by atoms with Crippen molar-refractivity contribution in [3.63, 3.8) is 0 Å². The summed E-state index contributed by atoms with van der Waals surface area (Å²) in [5, 5.41) is 0. The van der Waals surface area contributed by atoms with E-state index in [-0.39, 0.29) is 5.97 Å². The molecule has 1 saturated heterocycles. The summed E-state index contributed by atoms with van der Waals surface area (Å²) in [5.74, 6) is 0.481. The van der Waals surface area contributed by atoms with E-state index >= 15 is 0 Å². The zero-order valence-corrected chi connectivity index (χ0v) is 11.3. The van der Waals surface area contributed by atoms with Crippen molar-refractivity contribution in [1.29, 1.82) is 0 Å². The highest BCUT2D eigenvalue weighted by atomic mass is 16.5. The fourth-order valence-electron chi connectivity index (χ4n) is 2.25. The number of hydrogen-bond acceptors (Lipinski definition) is 5. The lowest BCUT2D eigenvalue weighted by atomic mass is 10.0. The summed E-state index contributed by atoms with van der Waals surface area (Å²) in [4.78, 5) is 14.1. The maximum atomic E-state index is 12.1. The van der Waals surface area contributed by atoms with Crippen molar-refractivity contribution in [1.82, 2.24) is 4.90 Å². The van der Waals surface area contributed by atoms with Gasteiger partial charge in [-0.2, -0.15) is 0 Å². The van der Waals surface area contributed by atoms with E-state index in [4.69, 9.17) is 14.2 Å². The summed E-state index contributed by atoms with van der Waals surface area (Å²) >= 11 is 0. The van der Waals surface area contributed by atoms with E-state index in [0.29, 0.717) is 13.2 Å². The van der Waals surface area contributed by atoms with Gasteiger partial charge in [-0.25, -0.2) is 4.79 Å². The van der Waals surface area contributed by atoms with Gasteiger partial charge in [0.25, 0.3) is 0 Å². The first-order valence-corrected chi connectivity index (χ1v) is 6.30. The van der Waals surface area contributed by atoms with Gasteiger partial charge in [-0.05, 0) is 17.7 Å². The molecule has 1 aliphatic rings. The molecule has 0 saturated carbocycles. The SMILES string of the molecule is COC(=O)C(c1cccc(OC)c1)N1CCOCC1. The van der Waals surface area contributed by atoms with Gasteiger partial charge in [-0.3, -0.25) is 4.90 Å². The van der Waals surface area contributed by atoms with Crippen molar-refractivity contribution >= 4 is 5.97 Å². The van der Waals surface area contributed by atoms with Crippen LogP contribution < -0.4 is 4.74 Å². The number of carbonyl (C=O) groups excluding carboxylic acids is 1. The van der Waals surface area contributed by atoms with Crippen molar-refractivity contribution in [2.45, 2.75) is 6.04 Å². The van der Waals surface area contributed by atoms with Crippen LogP contribution in [0, 0.1) is 0 Å². The number of hydrogen-bond donors (Lipinski definition) is 0. The normalized spacial score (nSPS) is 17.8. The van der Waals surface area contributed by atoms with Gasteiger partial charge in [0.2, 0.25) is 0 Å². The summed E-state index contributed by atoms with van der Waals surface area (Å²) in [6, 6.07) is 7.13. The number of morpholine rings is 1. The van der Waals surface area contributed by atoms with Gasteiger partial charge >= 0.3 is 5.97 Å². The van der Waals surface area contributed by atoms with Crippen LogP contribution in [0.3, 0.4) is 0 Å². The Balaban J connectivity index is 2.27. The minimum absolute atomic E-state index is 0.254. The maximum absolute atomic E-state index is 12.1. The second-order valence-electron chi connectivity index (χ2n) is 4.35. The van der Waals surface area contributed by atoms with Gasteiger partial charge in [0, 0.05) is 13.1 Å². The third-order valence-corrected chi connectivity index (χ3v) is 3.24. The Bertz CT molecular complexity index is 429. The molecular weight excluding hydrogens is 246 g/mol. The third-order valence-electron chi connectivity index (χ3n) is 3.24. The Hall–Kier alpha value is -1.59. The van der Waals surface area contributed by atoms with Crippen LogP contribution >= 0.6 is 0 Å². The highest BCUT2D eigenvalue weighted by Gasteiger charge is 2.30.